The Balaban J connectivity index is 1.71. The first kappa shape index (κ1) is 15.3. The van der Waals surface area contributed by atoms with E-state index in [2.05, 4.69) is 39.9 Å². The van der Waals surface area contributed by atoms with Crippen LogP contribution in [0.15, 0.2) is 0 Å². The summed E-state index contributed by atoms with van der Waals surface area (Å²) in [6.45, 7) is 14.7. The molecule has 2 aliphatic rings. The van der Waals surface area contributed by atoms with Crippen LogP contribution in [-0.2, 0) is 4.74 Å². The van der Waals surface area contributed by atoms with Crippen molar-refractivity contribution in [1.29, 1.82) is 0 Å². The highest BCUT2D eigenvalue weighted by molar-refractivity contribution is 5.11. The zero-order chi connectivity index (χ0) is 14.1. The average Bonchev–Trinajstić information content (AvgIpc) is 2.77. The van der Waals surface area contributed by atoms with Crippen LogP contribution in [0, 0.1) is 22.7 Å². The Kier molecular flexibility index (Phi) is 4.62. The van der Waals surface area contributed by atoms with Crippen LogP contribution in [0.25, 0.3) is 0 Å². The maximum Gasteiger partial charge on any atom is 0.0591 e. The molecule has 2 heteroatoms. The lowest BCUT2D eigenvalue weighted by Crippen LogP contribution is -2.51. The molecule has 0 heterocycles. The van der Waals surface area contributed by atoms with Crippen LogP contribution in [-0.4, -0.2) is 25.8 Å². The molecule has 0 aliphatic heterocycles. The van der Waals surface area contributed by atoms with Gasteiger partial charge in [0, 0.05) is 19.2 Å². The van der Waals surface area contributed by atoms with Crippen molar-refractivity contribution in [2.75, 3.05) is 19.8 Å². The molecule has 0 amide bonds. The largest absolute Gasteiger partial charge is 0.380 e. The summed E-state index contributed by atoms with van der Waals surface area (Å²) >= 11 is 0. The van der Waals surface area contributed by atoms with E-state index < -0.39 is 0 Å². The third-order valence-electron chi connectivity index (χ3n) is 5.70. The number of nitrogens with one attached hydrogen (secondary N) is 1. The van der Waals surface area contributed by atoms with E-state index in [-0.39, 0.29) is 0 Å². The van der Waals surface area contributed by atoms with Gasteiger partial charge in [-0.25, -0.2) is 0 Å². The second kappa shape index (κ2) is 5.73. The highest BCUT2D eigenvalue weighted by atomic mass is 16.5. The van der Waals surface area contributed by atoms with E-state index in [0.29, 0.717) is 16.9 Å². The monoisotopic (exact) mass is 267 g/mol. The predicted molar refractivity (Wildman–Crippen MR) is 81.3 cm³/mol. The molecule has 2 saturated carbocycles. The summed E-state index contributed by atoms with van der Waals surface area (Å²) in [6, 6.07) is 0.674. The minimum absolute atomic E-state index is 0.463. The van der Waals surface area contributed by atoms with Crippen molar-refractivity contribution < 1.29 is 4.74 Å². The molecule has 2 aliphatic carbocycles. The lowest BCUT2D eigenvalue weighted by atomic mass is 9.68. The molecular formula is C17H33NO. The Morgan fingerprint density at radius 1 is 1.21 bits per heavy atom. The fourth-order valence-electron chi connectivity index (χ4n) is 4.51. The normalized spacial score (nSPS) is 36.3. The summed E-state index contributed by atoms with van der Waals surface area (Å²) in [5.74, 6) is 1.67. The highest BCUT2D eigenvalue weighted by Gasteiger charge is 2.58. The van der Waals surface area contributed by atoms with Crippen molar-refractivity contribution >= 4 is 0 Å². The van der Waals surface area contributed by atoms with Gasteiger partial charge in [-0.1, -0.05) is 34.6 Å². The van der Waals surface area contributed by atoms with E-state index in [9.17, 15) is 0 Å². The zero-order valence-electron chi connectivity index (χ0n) is 13.6. The summed E-state index contributed by atoms with van der Waals surface area (Å²) in [5.41, 5.74) is 0.997. The standard InChI is InChI=1S/C17H33NO/c1-13(2)7-10-19-11-9-18-15-16(3,4)14-6-8-17(15,5)12-14/h13-15,18H,6-12H2,1-5H3. The van der Waals surface area contributed by atoms with E-state index in [1.807, 2.05) is 0 Å². The number of rotatable bonds is 7. The third kappa shape index (κ3) is 3.16. The molecule has 3 atom stereocenters. The van der Waals surface area contributed by atoms with Gasteiger partial charge in [0.25, 0.3) is 0 Å². The van der Waals surface area contributed by atoms with Crippen LogP contribution >= 0.6 is 0 Å². The maximum atomic E-state index is 5.72. The summed E-state index contributed by atoms with van der Waals surface area (Å²) in [7, 11) is 0. The molecule has 19 heavy (non-hydrogen) atoms. The molecule has 0 spiro atoms. The van der Waals surface area contributed by atoms with Crippen LogP contribution in [0.5, 0.6) is 0 Å². The first-order chi connectivity index (χ1) is 8.86. The summed E-state index contributed by atoms with van der Waals surface area (Å²) in [5, 5.41) is 3.81. The summed E-state index contributed by atoms with van der Waals surface area (Å²) in [4.78, 5) is 0. The van der Waals surface area contributed by atoms with Gasteiger partial charge in [-0.2, -0.15) is 0 Å². The first-order valence-electron chi connectivity index (χ1n) is 8.17. The number of hydrogen-bond donors (Lipinski definition) is 1. The molecule has 0 aromatic rings. The van der Waals surface area contributed by atoms with Crippen LogP contribution < -0.4 is 5.32 Å². The maximum absolute atomic E-state index is 5.72. The van der Waals surface area contributed by atoms with Gasteiger partial charge in [0.05, 0.1) is 6.61 Å². The predicted octanol–water partition coefficient (Wildman–Crippen LogP) is 3.85. The van der Waals surface area contributed by atoms with Crippen molar-refractivity contribution in [3.8, 4) is 0 Å². The van der Waals surface area contributed by atoms with E-state index in [0.717, 1.165) is 31.6 Å². The van der Waals surface area contributed by atoms with E-state index >= 15 is 0 Å². The molecule has 0 aromatic heterocycles. The topological polar surface area (TPSA) is 21.3 Å². The molecule has 112 valence electrons. The third-order valence-corrected chi connectivity index (χ3v) is 5.70. The van der Waals surface area contributed by atoms with Gasteiger partial charge >= 0.3 is 0 Å². The Hall–Kier alpha value is -0.0800. The number of ether oxygens (including phenoxy) is 1. The van der Waals surface area contributed by atoms with E-state index in [1.54, 1.807) is 0 Å². The van der Waals surface area contributed by atoms with Gasteiger partial charge in [0.15, 0.2) is 0 Å². The van der Waals surface area contributed by atoms with Crippen LogP contribution in [0.2, 0.25) is 0 Å². The molecule has 0 saturated heterocycles. The van der Waals surface area contributed by atoms with Crippen molar-refractivity contribution in [3.63, 3.8) is 0 Å². The fraction of sp³-hybridized carbons (Fsp3) is 1.00. The quantitative estimate of drug-likeness (QED) is 0.707. The number of hydrogen-bond acceptors (Lipinski definition) is 2. The first-order valence-corrected chi connectivity index (χ1v) is 8.17. The van der Waals surface area contributed by atoms with Gasteiger partial charge in [0.2, 0.25) is 0 Å². The fourth-order valence-corrected chi connectivity index (χ4v) is 4.51. The zero-order valence-corrected chi connectivity index (χ0v) is 13.6. The van der Waals surface area contributed by atoms with Crippen LogP contribution in [0.3, 0.4) is 0 Å². The molecule has 2 rings (SSSR count). The Morgan fingerprint density at radius 3 is 2.53 bits per heavy atom. The van der Waals surface area contributed by atoms with Gasteiger partial charge in [-0.3, -0.25) is 0 Å². The van der Waals surface area contributed by atoms with Crippen molar-refractivity contribution in [2.24, 2.45) is 22.7 Å². The van der Waals surface area contributed by atoms with Gasteiger partial charge in [-0.05, 0) is 48.3 Å². The van der Waals surface area contributed by atoms with Gasteiger partial charge in [0.1, 0.15) is 0 Å². The minimum atomic E-state index is 0.463. The summed E-state index contributed by atoms with van der Waals surface area (Å²) in [6.07, 6.45) is 5.44. The van der Waals surface area contributed by atoms with Gasteiger partial charge < -0.3 is 10.1 Å². The molecule has 0 aromatic carbocycles. The molecule has 3 unspecified atom stereocenters. The molecule has 2 nitrogen and oxygen atoms in total. The SMILES string of the molecule is CC(C)CCOCCNC1C2(C)CCC(C2)C1(C)C. The van der Waals surface area contributed by atoms with Crippen LogP contribution in [0.4, 0.5) is 0 Å². The molecule has 2 bridgehead atoms. The Labute approximate surface area is 119 Å². The molecule has 1 N–H and O–H groups in total. The highest BCUT2D eigenvalue weighted by Crippen LogP contribution is 2.62. The Morgan fingerprint density at radius 2 is 1.95 bits per heavy atom. The van der Waals surface area contributed by atoms with E-state index in [4.69, 9.17) is 4.74 Å². The smallest absolute Gasteiger partial charge is 0.0591 e. The number of fused-ring (bicyclic) bond motifs is 2. The minimum Gasteiger partial charge on any atom is -0.380 e. The van der Waals surface area contributed by atoms with Crippen molar-refractivity contribution in [3.05, 3.63) is 0 Å². The average molecular weight is 267 g/mol. The van der Waals surface area contributed by atoms with Gasteiger partial charge in [-0.15, -0.1) is 0 Å². The van der Waals surface area contributed by atoms with E-state index in [1.165, 1.54) is 25.7 Å². The Bertz CT molecular complexity index is 295. The summed E-state index contributed by atoms with van der Waals surface area (Å²) < 4.78 is 5.72. The lowest BCUT2D eigenvalue weighted by Gasteiger charge is -2.43. The van der Waals surface area contributed by atoms with Crippen molar-refractivity contribution in [1.82, 2.24) is 5.32 Å². The lowest BCUT2D eigenvalue weighted by molar-refractivity contribution is 0.0847. The van der Waals surface area contributed by atoms with Crippen LogP contribution in [0.1, 0.15) is 60.3 Å². The van der Waals surface area contributed by atoms with Crippen molar-refractivity contribution in [2.45, 2.75) is 66.3 Å². The molecule has 2 fully saturated rings. The molecule has 0 radical (unpaired) electrons. The second-order valence-electron chi connectivity index (χ2n) is 8.10. The second-order valence-corrected chi connectivity index (χ2v) is 8.10. The molecular weight excluding hydrogens is 234 g/mol.